The maximum absolute atomic E-state index is 12.8. The Balaban J connectivity index is 1.51. The number of amides is 1. The SMILES string of the molecule is COc1ccc(CCNC(=O)COc2ccc(S(=O)(=O)N[C@H](C)c3ccccc3)cc2Cl)cc1OC. The number of carbonyl (C=O) groups excluding carboxylic acids is 1. The third-order valence-corrected chi connectivity index (χ3v) is 7.22. The van der Waals surface area contributed by atoms with E-state index in [1.54, 1.807) is 21.1 Å². The minimum absolute atomic E-state index is 0.00185. The molecule has 0 aliphatic carbocycles. The highest BCUT2D eigenvalue weighted by atomic mass is 35.5. The summed E-state index contributed by atoms with van der Waals surface area (Å²) in [6.45, 7) is 1.89. The van der Waals surface area contributed by atoms with Crippen LogP contribution in [0.5, 0.6) is 17.2 Å². The molecule has 0 aromatic heterocycles. The number of benzene rings is 3. The van der Waals surface area contributed by atoms with E-state index < -0.39 is 16.1 Å². The van der Waals surface area contributed by atoms with Crippen LogP contribution < -0.4 is 24.2 Å². The summed E-state index contributed by atoms with van der Waals surface area (Å²) in [4.78, 5) is 12.2. The summed E-state index contributed by atoms with van der Waals surface area (Å²) in [6.07, 6.45) is 0.591. The Kier molecular flexibility index (Phi) is 9.58. The first-order valence-corrected chi connectivity index (χ1v) is 13.1. The van der Waals surface area contributed by atoms with Crippen LogP contribution >= 0.6 is 11.6 Å². The molecule has 0 aliphatic heterocycles. The van der Waals surface area contributed by atoms with Crippen LogP contribution in [0, 0.1) is 0 Å². The highest BCUT2D eigenvalue weighted by Gasteiger charge is 2.20. The number of sulfonamides is 1. The van der Waals surface area contributed by atoms with Gasteiger partial charge in [-0.1, -0.05) is 48.0 Å². The van der Waals surface area contributed by atoms with Crippen LogP contribution in [0.3, 0.4) is 0 Å². The number of hydrogen-bond acceptors (Lipinski definition) is 6. The molecule has 0 spiro atoms. The standard InChI is InChI=1S/C26H29ClN2O6S/c1-18(20-7-5-4-6-8-20)29-36(31,32)21-10-12-23(22(27)16-21)35-17-26(30)28-14-13-19-9-11-24(33-2)25(15-19)34-3/h4-12,15-16,18,29H,13-14,17H2,1-3H3,(H,28,30)/t18-/m1/s1. The van der Waals surface area contributed by atoms with E-state index in [1.807, 2.05) is 48.5 Å². The molecule has 0 radical (unpaired) electrons. The number of halogens is 1. The van der Waals surface area contributed by atoms with Gasteiger partial charge in [0.2, 0.25) is 10.0 Å². The Bertz CT molecular complexity index is 1280. The molecule has 1 amide bonds. The van der Waals surface area contributed by atoms with E-state index >= 15 is 0 Å². The second kappa shape index (κ2) is 12.6. The average Bonchev–Trinajstić information content (AvgIpc) is 2.88. The summed E-state index contributed by atoms with van der Waals surface area (Å²) >= 11 is 6.24. The summed E-state index contributed by atoms with van der Waals surface area (Å²) in [5.74, 6) is 1.13. The maximum atomic E-state index is 12.8. The lowest BCUT2D eigenvalue weighted by Crippen LogP contribution is -2.30. The van der Waals surface area contributed by atoms with Crippen molar-refractivity contribution in [3.05, 3.63) is 82.9 Å². The molecule has 0 unspecified atom stereocenters. The van der Waals surface area contributed by atoms with Crippen molar-refractivity contribution in [2.24, 2.45) is 0 Å². The van der Waals surface area contributed by atoms with Gasteiger partial charge in [0.25, 0.3) is 5.91 Å². The Labute approximate surface area is 216 Å². The second-order valence-corrected chi connectivity index (χ2v) is 10.0. The number of ether oxygens (including phenoxy) is 3. The predicted octanol–water partition coefficient (Wildman–Crippen LogP) is 4.13. The first-order valence-electron chi connectivity index (χ1n) is 11.2. The topological polar surface area (TPSA) is 103 Å². The number of rotatable bonds is 12. The van der Waals surface area contributed by atoms with E-state index in [2.05, 4.69) is 10.0 Å². The number of nitrogens with one attached hydrogen (secondary N) is 2. The third kappa shape index (κ3) is 7.36. The predicted molar refractivity (Wildman–Crippen MR) is 138 cm³/mol. The minimum atomic E-state index is -3.81. The van der Waals surface area contributed by atoms with Gasteiger partial charge in [-0.2, -0.15) is 0 Å². The van der Waals surface area contributed by atoms with Crippen LogP contribution in [0.25, 0.3) is 0 Å². The number of hydrogen-bond donors (Lipinski definition) is 2. The minimum Gasteiger partial charge on any atom is -0.493 e. The van der Waals surface area contributed by atoms with Gasteiger partial charge >= 0.3 is 0 Å². The Hall–Kier alpha value is -3.27. The third-order valence-electron chi connectivity index (χ3n) is 5.39. The summed E-state index contributed by atoms with van der Waals surface area (Å²) in [5, 5.41) is 2.86. The van der Waals surface area contributed by atoms with Gasteiger partial charge < -0.3 is 19.5 Å². The van der Waals surface area contributed by atoms with E-state index in [0.717, 1.165) is 11.1 Å². The lowest BCUT2D eigenvalue weighted by Gasteiger charge is -2.15. The van der Waals surface area contributed by atoms with Gasteiger partial charge in [0, 0.05) is 12.6 Å². The molecular weight excluding hydrogens is 504 g/mol. The van der Waals surface area contributed by atoms with Crippen molar-refractivity contribution in [3.63, 3.8) is 0 Å². The molecule has 36 heavy (non-hydrogen) atoms. The van der Waals surface area contributed by atoms with Gasteiger partial charge in [-0.25, -0.2) is 13.1 Å². The molecule has 3 rings (SSSR count). The molecule has 0 fully saturated rings. The number of carbonyl (C=O) groups is 1. The fourth-order valence-electron chi connectivity index (χ4n) is 3.45. The van der Waals surface area contributed by atoms with E-state index in [4.69, 9.17) is 25.8 Å². The van der Waals surface area contributed by atoms with Gasteiger partial charge in [0.1, 0.15) is 5.75 Å². The van der Waals surface area contributed by atoms with Gasteiger partial charge in [-0.15, -0.1) is 0 Å². The molecular formula is C26H29ClN2O6S. The molecule has 8 nitrogen and oxygen atoms in total. The molecule has 3 aromatic carbocycles. The van der Waals surface area contributed by atoms with Crippen LogP contribution in [-0.4, -0.2) is 41.7 Å². The van der Waals surface area contributed by atoms with Crippen molar-refractivity contribution in [1.29, 1.82) is 0 Å². The molecule has 0 heterocycles. The van der Waals surface area contributed by atoms with Crippen molar-refractivity contribution < 1.29 is 27.4 Å². The lowest BCUT2D eigenvalue weighted by atomic mass is 10.1. The summed E-state index contributed by atoms with van der Waals surface area (Å²) < 4.78 is 44.2. The normalized spacial score (nSPS) is 12.0. The van der Waals surface area contributed by atoms with Crippen LogP contribution in [0.2, 0.25) is 5.02 Å². The van der Waals surface area contributed by atoms with Crippen molar-refractivity contribution in [2.45, 2.75) is 24.3 Å². The molecule has 0 aliphatic rings. The average molecular weight is 533 g/mol. The van der Waals surface area contributed by atoms with Crippen molar-refractivity contribution in [1.82, 2.24) is 10.0 Å². The fourth-order valence-corrected chi connectivity index (χ4v) is 5.01. The largest absolute Gasteiger partial charge is 0.493 e. The first-order chi connectivity index (χ1) is 17.2. The van der Waals surface area contributed by atoms with Crippen LogP contribution in [0.1, 0.15) is 24.1 Å². The van der Waals surface area contributed by atoms with E-state index in [-0.39, 0.29) is 28.2 Å². The molecule has 0 saturated heterocycles. The molecule has 1 atom stereocenters. The van der Waals surface area contributed by atoms with Gasteiger partial charge in [0.05, 0.1) is 24.1 Å². The summed E-state index contributed by atoms with van der Waals surface area (Å²) in [5.41, 5.74) is 1.81. The Morgan fingerprint density at radius 2 is 1.64 bits per heavy atom. The van der Waals surface area contributed by atoms with Crippen LogP contribution in [0.4, 0.5) is 0 Å². The van der Waals surface area contributed by atoms with Gasteiger partial charge in [-0.3, -0.25) is 4.79 Å². The highest BCUT2D eigenvalue weighted by molar-refractivity contribution is 7.89. The lowest BCUT2D eigenvalue weighted by molar-refractivity contribution is -0.123. The molecule has 3 aromatic rings. The molecule has 0 bridgehead atoms. The van der Waals surface area contributed by atoms with Crippen LogP contribution in [0.15, 0.2) is 71.6 Å². The monoisotopic (exact) mass is 532 g/mol. The molecule has 2 N–H and O–H groups in total. The maximum Gasteiger partial charge on any atom is 0.257 e. The summed E-state index contributed by atoms with van der Waals surface area (Å²) in [6, 6.07) is 18.5. The van der Waals surface area contributed by atoms with E-state index in [0.29, 0.717) is 24.5 Å². The summed E-state index contributed by atoms with van der Waals surface area (Å²) in [7, 11) is -0.678. The fraction of sp³-hybridized carbons (Fsp3) is 0.269. The molecule has 0 saturated carbocycles. The Morgan fingerprint density at radius 1 is 0.944 bits per heavy atom. The smallest absolute Gasteiger partial charge is 0.257 e. The molecule has 192 valence electrons. The zero-order valence-electron chi connectivity index (χ0n) is 20.3. The highest BCUT2D eigenvalue weighted by Crippen LogP contribution is 2.29. The number of methoxy groups -OCH3 is 2. The van der Waals surface area contributed by atoms with E-state index in [1.165, 1.54) is 18.2 Å². The zero-order valence-corrected chi connectivity index (χ0v) is 21.9. The van der Waals surface area contributed by atoms with Crippen molar-refractivity contribution in [2.75, 3.05) is 27.4 Å². The van der Waals surface area contributed by atoms with Crippen molar-refractivity contribution in [3.8, 4) is 17.2 Å². The van der Waals surface area contributed by atoms with E-state index in [9.17, 15) is 13.2 Å². The Morgan fingerprint density at radius 3 is 2.31 bits per heavy atom. The second-order valence-electron chi connectivity index (χ2n) is 7.92. The molecule has 10 heteroatoms. The van der Waals surface area contributed by atoms with Gasteiger partial charge in [0.15, 0.2) is 18.1 Å². The quantitative estimate of drug-likeness (QED) is 0.363. The zero-order chi connectivity index (χ0) is 26.1. The first kappa shape index (κ1) is 27.3. The van der Waals surface area contributed by atoms with Gasteiger partial charge in [-0.05, 0) is 54.8 Å². The van der Waals surface area contributed by atoms with Crippen molar-refractivity contribution >= 4 is 27.5 Å². The van der Waals surface area contributed by atoms with Crippen LogP contribution in [-0.2, 0) is 21.2 Å².